The van der Waals surface area contributed by atoms with Crippen molar-refractivity contribution in [3.05, 3.63) is 35.4 Å². The molecule has 2 atom stereocenters. The Morgan fingerprint density at radius 1 is 1.15 bits per heavy atom. The van der Waals surface area contributed by atoms with E-state index in [2.05, 4.69) is 57.2 Å². The Kier molecular flexibility index (Phi) is 7.20. The molecule has 20 heavy (non-hydrogen) atoms. The molecule has 0 fully saturated rings. The van der Waals surface area contributed by atoms with Crippen molar-refractivity contribution in [2.45, 2.75) is 39.3 Å². The Balaban J connectivity index is 2.69. The molecule has 2 unspecified atom stereocenters. The van der Waals surface area contributed by atoms with Crippen molar-refractivity contribution in [2.24, 2.45) is 5.92 Å². The lowest BCUT2D eigenvalue weighted by atomic mass is 9.92. The second kappa shape index (κ2) is 8.40. The number of hydrogen-bond acceptors (Lipinski definition) is 3. The average molecular weight is 278 g/mol. The maximum absolute atomic E-state index is 10.6. The summed E-state index contributed by atoms with van der Waals surface area (Å²) in [6.07, 6.45) is 0.577. The molecule has 0 aromatic heterocycles. The third kappa shape index (κ3) is 5.23. The molecule has 3 nitrogen and oxygen atoms in total. The first-order valence-corrected chi connectivity index (χ1v) is 7.60. The van der Waals surface area contributed by atoms with Gasteiger partial charge in [-0.2, -0.15) is 0 Å². The molecule has 1 aromatic rings. The van der Waals surface area contributed by atoms with Crippen LogP contribution in [0.15, 0.2) is 24.3 Å². The van der Waals surface area contributed by atoms with Crippen molar-refractivity contribution in [3.63, 3.8) is 0 Å². The Morgan fingerprint density at radius 3 is 2.20 bits per heavy atom. The minimum Gasteiger partial charge on any atom is -0.387 e. The van der Waals surface area contributed by atoms with E-state index in [1.165, 1.54) is 5.56 Å². The second-order valence-electron chi connectivity index (χ2n) is 6.07. The van der Waals surface area contributed by atoms with Crippen LogP contribution in [-0.4, -0.2) is 43.2 Å². The molecule has 2 N–H and O–H groups in total. The molecule has 0 aliphatic rings. The summed E-state index contributed by atoms with van der Waals surface area (Å²) in [6, 6.07) is 8.40. The lowest BCUT2D eigenvalue weighted by molar-refractivity contribution is 0.104. The number of aliphatic hydroxyl groups excluding tert-OH is 1. The summed E-state index contributed by atoms with van der Waals surface area (Å²) in [4.78, 5) is 2.15. The maximum Gasteiger partial charge on any atom is 0.0945 e. The van der Waals surface area contributed by atoms with E-state index in [-0.39, 0.29) is 6.04 Å². The predicted octanol–water partition coefficient (Wildman–Crippen LogP) is 2.46. The first-order chi connectivity index (χ1) is 9.45. The van der Waals surface area contributed by atoms with Crippen LogP contribution in [0, 0.1) is 5.92 Å². The Bertz CT molecular complexity index is 373. The summed E-state index contributed by atoms with van der Waals surface area (Å²) in [5, 5.41) is 14.1. The number of hydrogen-bond donors (Lipinski definition) is 2. The molecule has 0 saturated heterocycles. The van der Waals surface area contributed by atoms with Crippen molar-refractivity contribution < 1.29 is 5.11 Å². The Hall–Kier alpha value is -0.900. The normalized spacial score (nSPS) is 14.8. The van der Waals surface area contributed by atoms with Crippen molar-refractivity contribution >= 4 is 0 Å². The van der Waals surface area contributed by atoms with Crippen LogP contribution in [0.5, 0.6) is 0 Å². The first-order valence-electron chi connectivity index (χ1n) is 7.60. The van der Waals surface area contributed by atoms with Gasteiger partial charge in [0.05, 0.1) is 6.10 Å². The van der Waals surface area contributed by atoms with Gasteiger partial charge in [-0.05, 0) is 37.6 Å². The van der Waals surface area contributed by atoms with Gasteiger partial charge in [-0.25, -0.2) is 0 Å². The van der Waals surface area contributed by atoms with Gasteiger partial charge in [0.1, 0.15) is 0 Å². The van der Waals surface area contributed by atoms with E-state index in [1.807, 2.05) is 12.1 Å². The zero-order valence-corrected chi connectivity index (χ0v) is 13.6. The average Bonchev–Trinajstić information content (AvgIpc) is 2.42. The van der Waals surface area contributed by atoms with Crippen molar-refractivity contribution in [1.29, 1.82) is 0 Å². The topological polar surface area (TPSA) is 35.5 Å². The number of aryl methyl sites for hydroxylation is 1. The highest BCUT2D eigenvalue weighted by atomic mass is 16.3. The maximum atomic E-state index is 10.6. The number of likely N-dealkylation sites (N-methyl/N-ethyl adjacent to an activating group) is 1. The van der Waals surface area contributed by atoms with Gasteiger partial charge in [0, 0.05) is 19.1 Å². The van der Waals surface area contributed by atoms with Crippen LogP contribution in [0.1, 0.15) is 38.0 Å². The number of rotatable bonds is 8. The molecule has 1 rings (SSSR count). The molecular weight excluding hydrogens is 248 g/mol. The highest BCUT2D eigenvalue weighted by Gasteiger charge is 2.23. The molecule has 0 spiro atoms. The molecule has 0 bridgehead atoms. The fraction of sp³-hybridized carbons (Fsp3) is 0.647. The second-order valence-corrected chi connectivity index (χ2v) is 6.07. The molecule has 3 heteroatoms. The van der Waals surface area contributed by atoms with Crippen molar-refractivity contribution in [2.75, 3.05) is 27.2 Å². The molecule has 0 amide bonds. The van der Waals surface area contributed by atoms with E-state index in [1.54, 1.807) is 0 Å². The summed E-state index contributed by atoms with van der Waals surface area (Å²) in [5.41, 5.74) is 2.31. The third-order valence-corrected chi connectivity index (χ3v) is 3.73. The molecule has 0 aliphatic heterocycles. The monoisotopic (exact) mass is 278 g/mol. The number of benzene rings is 1. The number of nitrogens with one attached hydrogen (secondary N) is 1. The lowest BCUT2D eigenvalue weighted by Crippen LogP contribution is -2.42. The zero-order chi connectivity index (χ0) is 15.1. The molecule has 0 radical (unpaired) electrons. The van der Waals surface area contributed by atoms with Crippen LogP contribution in [-0.2, 0) is 6.42 Å². The van der Waals surface area contributed by atoms with Crippen LogP contribution in [0.3, 0.4) is 0 Å². The predicted molar refractivity (Wildman–Crippen MR) is 86.0 cm³/mol. The number of aliphatic hydroxyl groups is 1. The molecule has 0 aliphatic carbocycles. The van der Waals surface area contributed by atoms with Gasteiger partial charge in [-0.1, -0.05) is 45.0 Å². The molecule has 0 heterocycles. The molecule has 114 valence electrons. The fourth-order valence-corrected chi connectivity index (χ4v) is 2.32. The van der Waals surface area contributed by atoms with Crippen molar-refractivity contribution in [1.82, 2.24) is 10.2 Å². The van der Waals surface area contributed by atoms with Gasteiger partial charge >= 0.3 is 0 Å². The minimum atomic E-state index is -0.455. The van der Waals surface area contributed by atoms with Gasteiger partial charge in [0.15, 0.2) is 0 Å². The first kappa shape index (κ1) is 17.2. The zero-order valence-electron chi connectivity index (χ0n) is 13.6. The summed E-state index contributed by atoms with van der Waals surface area (Å²) in [6.45, 7) is 8.31. The van der Waals surface area contributed by atoms with Crippen LogP contribution in [0.25, 0.3) is 0 Å². The van der Waals surface area contributed by atoms with E-state index >= 15 is 0 Å². The smallest absolute Gasteiger partial charge is 0.0945 e. The summed E-state index contributed by atoms with van der Waals surface area (Å²) in [5.74, 6) is 0.387. The van der Waals surface area contributed by atoms with E-state index in [9.17, 15) is 5.11 Å². The van der Waals surface area contributed by atoms with E-state index < -0.39 is 6.10 Å². The Morgan fingerprint density at radius 2 is 1.75 bits per heavy atom. The van der Waals surface area contributed by atoms with E-state index in [0.717, 1.165) is 25.1 Å². The van der Waals surface area contributed by atoms with Gasteiger partial charge in [0.2, 0.25) is 0 Å². The lowest BCUT2D eigenvalue weighted by Gasteiger charge is -2.28. The molecular formula is C17H30N2O. The Labute approximate surface area is 124 Å². The molecule has 1 aromatic carbocycles. The summed E-state index contributed by atoms with van der Waals surface area (Å²) >= 11 is 0. The van der Waals surface area contributed by atoms with Gasteiger partial charge < -0.3 is 15.3 Å². The summed E-state index contributed by atoms with van der Waals surface area (Å²) in [7, 11) is 4.12. The fourth-order valence-electron chi connectivity index (χ4n) is 2.32. The largest absolute Gasteiger partial charge is 0.387 e. The minimum absolute atomic E-state index is 0.0856. The van der Waals surface area contributed by atoms with Crippen LogP contribution in [0.4, 0.5) is 0 Å². The van der Waals surface area contributed by atoms with Crippen LogP contribution < -0.4 is 5.32 Å². The molecule has 0 saturated carbocycles. The van der Waals surface area contributed by atoms with Crippen LogP contribution in [0.2, 0.25) is 0 Å². The van der Waals surface area contributed by atoms with Gasteiger partial charge in [-0.15, -0.1) is 0 Å². The highest BCUT2D eigenvalue weighted by molar-refractivity contribution is 5.25. The van der Waals surface area contributed by atoms with E-state index in [0.29, 0.717) is 5.92 Å². The van der Waals surface area contributed by atoms with E-state index in [4.69, 9.17) is 0 Å². The van der Waals surface area contributed by atoms with Crippen LogP contribution >= 0.6 is 0 Å². The highest BCUT2D eigenvalue weighted by Crippen LogP contribution is 2.22. The third-order valence-electron chi connectivity index (χ3n) is 3.73. The summed E-state index contributed by atoms with van der Waals surface area (Å²) < 4.78 is 0. The number of nitrogens with zero attached hydrogens (tertiary/aromatic N) is 1. The quantitative estimate of drug-likeness (QED) is 0.767. The van der Waals surface area contributed by atoms with Crippen molar-refractivity contribution in [3.8, 4) is 0 Å². The standard InChI is InChI=1S/C17H30N2O/c1-6-14-7-9-15(10-8-14)17(20)16(13(2)3)18-11-12-19(4)5/h7-10,13,16-18,20H,6,11-12H2,1-5H3. The van der Waals surface area contributed by atoms with Gasteiger partial charge in [0.25, 0.3) is 0 Å². The SMILES string of the molecule is CCc1ccc(C(O)C(NCCN(C)C)C(C)C)cc1. The van der Waals surface area contributed by atoms with Gasteiger partial charge in [-0.3, -0.25) is 0 Å².